The minimum atomic E-state index is -0.307. The molecule has 0 spiro atoms. The molecule has 0 saturated heterocycles. The fourth-order valence-electron chi connectivity index (χ4n) is 1.27. The van der Waals surface area contributed by atoms with Crippen LogP contribution < -0.4 is 0 Å². The fraction of sp³-hybridized carbons (Fsp3) is 0.111. The standard InChI is InChI=1S/C9H7BrFNO/c10-7-2-5-1-6(4-13)12-9(5)3-8(7)11/h1-3,12-13H,4H2. The summed E-state index contributed by atoms with van der Waals surface area (Å²) in [4.78, 5) is 2.90. The lowest BCUT2D eigenvalue weighted by Crippen LogP contribution is -1.79. The summed E-state index contributed by atoms with van der Waals surface area (Å²) >= 11 is 3.10. The third kappa shape index (κ3) is 1.47. The molecule has 1 aromatic carbocycles. The average molecular weight is 244 g/mol. The van der Waals surface area contributed by atoms with Crippen LogP contribution in [-0.4, -0.2) is 10.1 Å². The van der Waals surface area contributed by atoms with Gasteiger partial charge in [0, 0.05) is 16.6 Å². The maximum atomic E-state index is 13.0. The van der Waals surface area contributed by atoms with Crippen molar-refractivity contribution in [3.05, 3.63) is 34.2 Å². The van der Waals surface area contributed by atoms with Gasteiger partial charge < -0.3 is 10.1 Å². The van der Waals surface area contributed by atoms with Crippen molar-refractivity contribution in [1.82, 2.24) is 4.98 Å². The molecule has 1 heterocycles. The van der Waals surface area contributed by atoms with Crippen molar-refractivity contribution < 1.29 is 9.50 Å². The first-order valence-corrected chi connectivity index (χ1v) is 4.57. The number of benzene rings is 1. The number of aliphatic hydroxyl groups is 1. The number of fused-ring (bicyclic) bond motifs is 1. The Morgan fingerprint density at radius 2 is 2.15 bits per heavy atom. The molecule has 0 bridgehead atoms. The third-order valence-electron chi connectivity index (χ3n) is 1.89. The lowest BCUT2D eigenvalue weighted by molar-refractivity contribution is 0.278. The second kappa shape index (κ2) is 3.12. The summed E-state index contributed by atoms with van der Waals surface area (Å²) in [5, 5.41) is 9.73. The first kappa shape index (κ1) is 8.72. The molecule has 0 aliphatic carbocycles. The molecule has 13 heavy (non-hydrogen) atoms. The highest BCUT2D eigenvalue weighted by molar-refractivity contribution is 9.10. The van der Waals surface area contributed by atoms with Crippen LogP contribution in [0.3, 0.4) is 0 Å². The van der Waals surface area contributed by atoms with E-state index in [1.165, 1.54) is 6.07 Å². The maximum Gasteiger partial charge on any atom is 0.139 e. The van der Waals surface area contributed by atoms with Crippen molar-refractivity contribution in [3.8, 4) is 0 Å². The minimum absolute atomic E-state index is 0.0616. The van der Waals surface area contributed by atoms with Crippen LogP contribution in [0.2, 0.25) is 0 Å². The summed E-state index contributed by atoms with van der Waals surface area (Å²) in [5.41, 5.74) is 1.39. The minimum Gasteiger partial charge on any atom is -0.390 e. The molecule has 2 rings (SSSR count). The van der Waals surface area contributed by atoms with Crippen molar-refractivity contribution in [1.29, 1.82) is 0 Å². The van der Waals surface area contributed by atoms with E-state index >= 15 is 0 Å². The predicted molar refractivity (Wildman–Crippen MR) is 51.9 cm³/mol. The number of H-pyrrole nitrogens is 1. The predicted octanol–water partition coefficient (Wildman–Crippen LogP) is 2.56. The molecule has 0 aliphatic heterocycles. The number of aromatic nitrogens is 1. The number of aromatic amines is 1. The smallest absolute Gasteiger partial charge is 0.139 e. The Hall–Kier alpha value is -0.870. The van der Waals surface area contributed by atoms with E-state index in [4.69, 9.17) is 5.11 Å². The fourth-order valence-corrected chi connectivity index (χ4v) is 1.63. The molecule has 0 radical (unpaired) electrons. The highest BCUT2D eigenvalue weighted by Gasteiger charge is 2.04. The highest BCUT2D eigenvalue weighted by Crippen LogP contribution is 2.23. The lowest BCUT2D eigenvalue weighted by Gasteiger charge is -1.93. The second-order valence-electron chi connectivity index (χ2n) is 2.81. The van der Waals surface area contributed by atoms with Crippen LogP contribution in [0.25, 0.3) is 10.9 Å². The van der Waals surface area contributed by atoms with Crippen molar-refractivity contribution in [3.63, 3.8) is 0 Å². The number of hydrogen-bond acceptors (Lipinski definition) is 1. The van der Waals surface area contributed by atoms with Crippen LogP contribution in [-0.2, 0) is 6.61 Å². The van der Waals surface area contributed by atoms with Crippen LogP contribution in [0.4, 0.5) is 4.39 Å². The van der Waals surface area contributed by atoms with Crippen LogP contribution in [0, 0.1) is 5.82 Å². The highest BCUT2D eigenvalue weighted by atomic mass is 79.9. The molecule has 0 unspecified atom stereocenters. The van der Waals surface area contributed by atoms with Crippen molar-refractivity contribution >= 4 is 26.8 Å². The van der Waals surface area contributed by atoms with Gasteiger partial charge in [-0.15, -0.1) is 0 Å². The Morgan fingerprint density at radius 1 is 1.38 bits per heavy atom. The first-order valence-electron chi connectivity index (χ1n) is 3.78. The summed E-state index contributed by atoms with van der Waals surface area (Å²) < 4.78 is 13.5. The molecule has 0 amide bonds. The van der Waals surface area contributed by atoms with Gasteiger partial charge in [-0.1, -0.05) is 0 Å². The van der Waals surface area contributed by atoms with Gasteiger partial charge in [0.05, 0.1) is 11.1 Å². The number of aliphatic hydroxyl groups excluding tert-OH is 1. The Bertz CT molecular complexity index is 413. The molecule has 1 aromatic heterocycles. The van der Waals surface area contributed by atoms with Crippen LogP contribution >= 0.6 is 15.9 Å². The van der Waals surface area contributed by atoms with Crippen LogP contribution in [0.1, 0.15) is 5.69 Å². The van der Waals surface area contributed by atoms with Gasteiger partial charge in [-0.05, 0) is 34.1 Å². The van der Waals surface area contributed by atoms with E-state index in [1.807, 2.05) is 0 Å². The van der Waals surface area contributed by atoms with E-state index in [9.17, 15) is 4.39 Å². The van der Waals surface area contributed by atoms with E-state index in [0.717, 1.165) is 5.39 Å². The molecule has 2 nitrogen and oxygen atoms in total. The van der Waals surface area contributed by atoms with Gasteiger partial charge in [0.15, 0.2) is 0 Å². The van der Waals surface area contributed by atoms with E-state index in [2.05, 4.69) is 20.9 Å². The Morgan fingerprint density at radius 3 is 2.85 bits per heavy atom. The molecule has 68 valence electrons. The molecule has 2 aromatic rings. The zero-order chi connectivity index (χ0) is 9.42. The summed E-state index contributed by atoms with van der Waals surface area (Å²) in [6.45, 7) is -0.0616. The summed E-state index contributed by atoms with van der Waals surface area (Å²) in [5.74, 6) is -0.307. The monoisotopic (exact) mass is 243 g/mol. The number of rotatable bonds is 1. The normalized spacial score (nSPS) is 11.0. The van der Waals surface area contributed by atoms with Gasteiger partial charge in [0.1, 0.15) is 5.82 Å². The van der Waals surface area contributed by atoms with E-state index in [1.54, 1.807) is 12.1 Å². The zero-order valence-electron chi connectivity index (χ0n) is 6.64. The molecular formula is C9H7BrFNO. The molecule has 4 heteroatoms. The molecule has 0 aliphatic rings. The van der Waals surface area contributed by atoms with Gasteiger partial charge in [-0.25, -0.2) is 4.39 Å². The summed E-state index contributed by atoms with van der Waals surface area (Å²) in [7, 11) is 0. The zero-order valence-corrected chi connectivity index (χ0v) is 8.23. The van der Waals surface area contributed by atoms with Crippen LogP contribution in [0.5, 0.6) is 0 Å². The lowest BCUT2D eigenvalue weighted by atomic mass is 10.2. The Labute approximate surface area is 82.5 Å². The largest absolute Gasteiger partial charge is 0.390 e. The van der Waals surface area contributed by atoms with Crippen molar-refractivity contribution in [2.45, 2.75) is 6.61 Å². The maximum absolute atomic E-state index is 13.0. The van der Waals surface area contributed by atoms with Crippen molar-refractivity contribution in [2.75, 3.05) is 0 Å². The quantitative estimate of drug-likeness (QED) is 0.794. The summed E-state index contributed by atoms with van der Waals surface area (Å²) in [6, 6.07) is 4.87. The Balaban J connectivity index is 2.70. The molecule has 0 saturated carbocycles. The van der Waals surface area contributed by atoms with Crippen molar-refractivity contribution in [2.24, 2.45) is 0 Å². The van der Waals surface area contributed by atoms with Gasteiger partial charge >= 0.3 is 0 Å². The summed E-state index contributed by atoms with van der Waals surface area (Å²) in [6.07, 6.45) is 0. The SMILES string of the molecule is OCc1cc2cc(Br)c(F)cc2[nH]1. The number of halogens is 2. The van der Waals surface area contributed by atoms with Crippen LogP contribution in [0.15, 0.2) is 22.7 Å². The van der Waals surface area contributed by atoms with Gasteiger partial charge in [-0.2, -0.15) is 0 Å². The number of nitrogens with one attached hydrogen (secondary N) is 1. The number of hydrogen-bond donors (Lipinski definition) is 2. The average Bonchev–Trinajstić information content (AvgIpc) is 2.48. The van der Waals surface area contributed by atoms with E-state index in [0.29, 0.717) is 15.7 Å². The van der Waals surface area contributed by atoms with Gasteiger partial charge in [0.2, 0.25) is 0 Å². The first-order chi connectivity index (χ1) is 6.20. The third-order valence-corrected chi connectivity index (χ3v) is 2.50. The topological polar surface area (TPSA) is 36.0 Å². The molecule has 0 fully saturated rings. The molecule has 0 atom stereocenters. The van der Waals surface area contributed by atoms with Gasteiger partial charge in [-0.3, -0.25) is 0 Å². The molecule has 2 N–H and O–H groups in total. The molecular weight excluding hydrogens is 237 g/mol. The second-order valence-corrected chi connectivity index (χ2v) is 3.66. The Kier molecular flexibility index (Phi) is 2.09. The van der Waals surface area contributed by atoms with E-state index < -0.39 is 0 Å². The van der Waals surface area contributed by atoms with E-state index in [-0.39, 0.29) is 12.4 Å². The van der Waals surface area contributed by atoms with Gasteiger partial charge in [0.25, 0.3) is 0 Å².